The Morgan fingerprint density at radius 3 is 2.40 bits per heavy atom. The van der Waals surface area contributed by atoms with Crippen LogP contribution >= 0.6 is 11.3 Å². The van der Waals surface area contributed by atoms with Gasteiger partial charge in [0.25, 0.3) is 0 Å². The van der Waals surface area contributed by atoms with Crippen LogP contribution in [0.1, 0.15) is 100 Å². The molecule has 1 aliphatic heterocycles. The van der Waals surface area contributed by atoms with Crippen LogP contribution in [-0.4, -0.2) is 20.3 Å². The molecule has 1 aromatic carbocycles. The van der Waals surface area contributed by atoms with Gasteiger partial charge in [0.2, 0.25) is 5.91 Å². The number of unbranched alkanes of at least 4 members (excludes halogenated alkanes) is 2. The molecular formula is C30H47NO2SSi. The van der Waals surface area contributed by atoms with Crippen molar-refractivity contribution in [3.05, 3.63) is 51.7 Å². The van der Waals surface area contributed by atoms with E-state index in [0.29, 0.717) is 12.5 Å². The minimum atomic E-state index is -1.88. The Bertz CT molecular complexity index is 944. The summed E-state index contributed by atoms with van der Waals surface area (Å²) in [7, 11) is -1.88. The summed E-state index contributed by atoms with van der Waals surface area (Å²) in [5.74, 6) is 0.270. The topological polar surface area (TPSA) is 29.5 Å². The highest BCUT2D eigenvalue weighted by atomic mass is 32.1. The van der Waals surface area contributed by atoms with Gasteiger partial charge in [0.05, 0.1) is 6.10 Å². The van der Waals surface area contributed by atoms with Crippen molar-refractivity contribution >= 4 is 31.2 Å². The number of anilines is 1. The quantitative estimate of drug-likeness (QED) is 0.209. The molecule has 1 saturated heterocycles. The van der Waals surface area contributed by atoms with Crippen LogP contribution < -0.4 is 4.90 Å². The molecule has 0 aliphatic carbocycles. The largest absolute Gasteiger partial charge is 0.410 e. The molecule has 0 spiro atoms. The van der Waals surface area contributed by atoms with Gasteiger partial charge in [-0.3, -0.25) is 4.79 Å². The van der Waals surface area contributed by atoms with Gasteiger partial charge in [-0.1, -0.05) is 59.1 Å². The molecule has 1 fully saturated rings. The number of benzene rings is 1. The predicted molar refractivity (Wildman–Crippen MR) is 154 cm³/mol. The van der Waals surface area contributed by atoms with E-state index >= 15 is 0 Å². The fraction of sp³-hybridized carbons (Fsp3) is 0.633. The van der Waals surface area contributed by atoms with Gasteiger partial charge >= 0.3 is 0 Å². The van der Waals surface area contributed by atoms with Crippen molar-refractivity contribution in [3.63, 3.8) is 0 Å². The van der Waals surface area contributed by atoms with Crippen LogP contribution in [0.4, 0.5) is 5.69 Å². The van der Waals surface area contributed by atoms with Crippen molar-refractivity contribution in [2.75, 3.05) is 4.90 Å². The smallest absolute Gasteiger partial charge is 0.227 e. The Hall–Kier alpha value is -1.43. The number of thiophene rings is 1. The number of aryl methyl sites for hydroxylation is 2. The summed E-state index contributed by atoms with van der Waals surface area (Å²) in [6.07, 6.45) is 9.79. The zero-order valence-electron chi connectivity index (χ0n) is 23.2. The molecule has 0 radical (unpaired) electrons. The first kappa shape index (κ1) is 28.1. The first-order chi connectivity index (χ1) is 16.5. The van der Waals surface area contributed by atoms with E-state index in [-0.39, 0.29) is 17.0 Å². The highest BCUT2D eigenvalue weighted by Gasteiger charge is 2.39. The maximum atomic E-state index is 12.8. The van der Waals surface area contributed by atoms with E-state index in [1.165, 1.54) is 34.6 Å². The lowest BCUT2D eigenvalue weighted by Gasteiger charge is -2.39. The second-order valence-corrected chi connectivity index (χ2v) is 17.9. The highest BCUT2D eigenvalue weighted by Crippen LogP contribution is 2.41. The van der Waals surface area contributed by atoms with Crippen LogP contribution in [0.3, 0.4) is 0 Å². The van der Waals surface area contributed by atoms with E-state index in [1.54, 1.807) is 0 Å². The molecule has 5 heteroatoms. The number of nitrogens with zero attached hydrogens (tertiary/aromatic N) is 1. The third-order valence-corrected chi connectivity index (χ3v) is 13.5. The number of amides is 1. The Balaban J connectivity index is 1.70. The van der Waals surface area contributed by atoms with Crippen molar-refractivity contribution < 1.29 is 9.22 Å². The van der Waals surface area contributed by atoms with Gasteiger partial charge < -0.3 is 9.33 Å². The van der Waals surface area contributed by atoms with Gasteiger partial charge in [-0.2, -0.15) is 0 Å². The predicted octanol–water partition coefficient (Wildman–Crippen LogP) is 9.22. The molecule has 2 aromatic rings. The van der Waals surface area contributed by atoms with Crippen LogP contribution in [0.2, 0.25) is 18.1 Å². The van der Waals surface area contributed by atoms with Crippen LogP contribution in [0.15, 0.2) is 36.4 Å². The van der Waals surface area contributed by atoms with E-state index in [2.05, 4.69) is 89.0 Å². The number of hydrogen-bond donors (Lipinski definition) is 0. The number of carbonyl (C=O) groups is 1. The van der Waals surface area contributed by atoms with E-state index in [4.69, 9.17) is 4.43 Å². The zero-order chi connectivity index (χ0) is 25.6. The second kappa shape index (κ2) is 12.2. The molecule has 0 N–H and O–H groups in total. The van der Waals surface area contributed by atoms with Crippen molar-refractivity contribution in [3.8, 4) is 0 Å². The second-order valence-electron chi connectivity index (χ2n) is 11.8. The SMILES string of the molecule is CCCCC[C@H](O[Si](C)(C)C(C)(C)C)c1ccc(N2C(=O)CC[C@@H]2CCCc2ccc(C)s2)cc1. The molecule has 0 saturated carbocycles. The van der Waals surface area contributed by atoms with E-state index in [9.17, 15) is 4.79 Å². The molecule has 1 aromatic heterocycles. The van der Waals surface area contributed by atoms with Crippen molar-refractivity contribution in [1.29, 1.82) is 0 Å². The van der Waals surface area contributed by atoms with Gasteiger partial charge in [-0.15, -0.1) is 11.3 Å². The van der Waals surface area contributed by atoms with Crippen LogP contribution in [0.25, 0.3) is 0 Å². The fourth-order valence-electron chi connectivity index (χ4n) is 4.76. The summed E-state index contributed by atoms with van der Waals surface area (Å²) in [6.45, 7) is 16.0. The average Bonchev–Trinajstić information content (AvgIpc) is 3.37. The standard InChI is InChI=1S/C30H47NO2SSi/c1-8-9-10-14-28(33-35(6,7)30(3,4)5)24-16-18-26(19-17-24)31-25(20-22-29(31)32)12-11-13-27-21-15-23(2)34-27/h15-19,21,25,28H,8-14,20,22H2,1-7H3/t25-,28-/m0/s1. The third-order valence-electron chi connectivity index (χ3n) is 7.94. The summed E-state index contributed by atoms with van der Waals surface area (Å²) in [5, 5.41) is 0.187. The molecule has 0 unspecified atom stereocenters. The van der Waals surface area contributed by atoms with Crippen LogP contribution in [0.5, 0.6) is 0 Å². The highest BCUT2D eigenvalue weighted by molar-refractivity contribution is 7.11. The van der Waals surface area contributed by atoms with Gasteiger partial charge in [-0.25, -0.2) is 0 Å². The minimum absolute atomic E-state index is 0.135. The fourth-order valence-corrected chi connectivity index (χ4v) is 7.01. The summed E-state index contributed by atoms with van der Waals surface area (Å²) in [6, 6.07) is 13.5. The lowest BCUT2D eigenvalue weighted by atomic mass is 10.0. The molecular weight excluding hydrogens is 466 g/mol. The Kier molecular flexibility index (Phi) is 9.81. The minimum Gasteiger partial charge on any atom is -0.410 e. The summed E-state index contributed by atoms with van der Waals surface area (Å²) < 4.78 is 6.90. The lowest BCUT2D eigenvalue weighted by molar-refractivity contribution is -0.117. The van der Waals surface area contributed by atoms with Crippen molar-refractivity contribution in [2.45, 2.75) is 123 Å². The molecule has 2 heterocycles. The Morgan fingerprint density at radius 1 is 1.09 bits per heavy atom. The Morgan fingerprint density at radius 2 is 1.80 bits per heavy atom. The maximum Gasteiger partial charge on any atom is 0.227 e. The zero-order valence-corrected chi connectivity index (χ0v) is 25.0. The molecule has 35 heavy (non-hydrogen) atoms. The summed E-state index contributed by atoms with van der Waals surface area (Å²) in [5.41, 5.74) is 2.30. The molecule has 194 valence electrons. The number of rotatable bonds is 12. The first-order valence-corrected chi connectivity index (χ1v) is 17.4. The third kappa shape index (κ3) is 7.53. The average molecular weight is 514 g/mol. The van der Waals surface area contributed by atoms with Gasteiger partial charge in [0.1, 0.15) is 0 Å². The Labute approximate surface area is 219 Å². The number of carbonyl (C=O) groups excluding carboxylic acids is 1. The van der Waals surface area contributed by atoms with E-state index < -0.39 is 8.32 Å². The van der Waals surface area contributed by atoms with Crippen LogP contribution in [-0.2, 0) is 15.6 Å². The van der Waals surface area contributed by atoms with Gasteiger partial charge in [0, 0.05) is 27.9 Å². The van der Waals surface area contributed by atoms with E-state index in [1.807, 2.05) is 11.3 Å². The summed E-state index contributed by atoms with van der Waals surface area (Å²) >= 11 is 1.89. The van der Waals surface area contributed by atoms with Crippen molar-refractivity contribution in [2.24, 2.45) is 0 Å². The normalized spacial score (nSPS) is 17.9. The molecule has 1 aliphatic rings. The molecule has 2 atom stereocenters. The monoisotopic (exact) mass is 513 g/mol. The number of hydrogen-bond acceptors (Lipinski definition) is 3. The van der Waals surface area contributed by atoms with E-state index in [0.717, 1.165) is 37.8 Å². The molecule has 1 amide bonds. The van der Waals surface area contributed by atoms with Crippen molar-refractivity contribution in [1.82, 2.24) is 0 Å². The van der Waals surface area contributed by atoms with Gasteiger partial charge in [0.15, 0.2) is 8.32 Å². The maximum absolute atomic E-state index is 12.8. The first-order valence-electron chi connectivity index (χ1n) is 13.7. The molecule has 3 rings (SSSR count). The molecule has 0 bridgehead atoms. The van der Waals surface area contributed by atoms with Gasteiger partial charge in [-0.05, 0) is 87.0 Å². The summed E-state index contributed by atoms with van der Waals surface area (Å²) in [4.78, 5) is 17.7. The van der Waals surface area contributed by atoms with Crippen LogP contribution in [0, 0.1) is 6.92 Å². The molecule has 3 nitrogen and oxygen atoms in total. The lowest BCUT2D eigenvalue weighted by Crippen LogP contribution is -2.41.